The van der Waals surface area contributed by atoms with Gasteiger partial charge in [-0.2, -0.15) is 0 Å². The summed E-state index contributed by atoms with van der Waals surface area (Å²) in [6.45, 7) is 0.932. The lowest BCUT2D eigenvalue weighted by molar-refractivity contribution is 0.0622. The Hall–Kier alpha value is -0.840. The summed E-state index contributed by atoms with van der Waals surface area (Å²) in [5, 5.41) is 12.9. The largest absolute Gasteiger partial charge is 0.469 e. The van der Waals surface area contributed by atoms with Crippen LogP contribution in [0.1, 0.15) is 30.2 Å². The van der Waals surface area contributed by atoms with E-state index < -0.39 is 6.10 Å². The van der Waals surface area contributed by atoms with Crippen molar-refractivity contribution >= 4 is 0 Å². The monoisotopic (exact) mass is 225 g/mol. The summed E-state index contributed by atoms with van der Waals surface area (Å²) in [5.41, 5.74) is 1.25. The fourth-order valence-corrected chi connectivity index (χ4v) is 2.23. The number of hydrogen-bond donors (Lipinski definition) is 2. The average Bonchev–Trinajstić information content (AvgIpc) is 2.75. The van der Waals surface area contributed by atoms with Gasteiger partial charge in [-0.1, -0.05) is 0 Å². The van der Waals surface area contributed by atoms with E-state index in [0.717, 1.165) is 25.0 Å². The number of methoxy groups -OCH3 is 1. The van der Waals surface area contributed by atoms with E-state index in [4.69, 9.17) is 9.15 Å². The van der Waals surface area contributed by atoms with Gasteiger partial charge in [0.2, 0.25) is 0 Å². The average molecular weight is 225 g/mol. The summed E-state index contributed by atoms with van der Waals surface area (Å²) < 4.78 is 10.3. The van der Waals surface area contributed by atoms with Gasteiger partial charge < -0.3 is 19.6 Å². The molecule has 0 radical (unpaired) electrons. The second kappa shape index (κ2) is 5.48. The van der Waals surface area contributed by atoms with Crippen LogP contribution in [-0.4, -0.2) is 31.5 Å². The minimum Gasteiger partial charge on any atom is -0.469 e. The summed E-state index contributed by atoms with van der Waals surface area (Å²) >= 11 is 0. The number of rotatable bonds is 5. The molecule has 0 bridgehead atoms. The third-order valence-electron chi connectivity index (χ3n) is 3.01. The molecule has 0 saturated carbocycles. The third-order valence-corrected chi connectivity index (χ3v) is 3.01. The fourth-order valence-electron chi connectivity index (χ4n) is 2.23. The molecule has 0 aromatic carbocycles. The van der Waals surface area contributed by atoms with Gasteiger partial charge in [-0.3, -0.25) is 0 Å². The maximum Gasteiger partial charge on any atom is 0.108 e. The SMILES string of the molecule is COCC(O)CNC1CCCc2occc21. The maximum absolute atomic E-state index is 9.57. The van der Waals surface area contributed by atoms with Crippen LogP contribution in [0.3, 0.4) is 0 Å². The lowest BCUT2D eigenvalue weighted by Gasteiger charge is -2.24. The van der Waals surface area contributed by atoms with Crippen LogP contribution in [0.2, 0.25) is 0 Å². The van der Waals surface area contributed by atoms with Crippen LogP contribution >= 0.6 is 0 Å². The lowest BCUT2D eigenvalue weighted by Crippen LogP contribution is -2.34. The molecule has 1 aromatic rings. The van der Waals surface area contributed by atoms with E-state index in [1.165, 1.54) is 5.56 Å². The molecule has 1 heterocycles. The van der Waals surface area contributed by atoms with E-state index in [9.17, 15) is 5.11 Å². The van der Waals surface area contributed by atoms with E-state index >= 15 is 0 Å². The van der Waals surface area contributed by atoms with Crippen molar-refractivity contribution in [3.63, 3.8) is 0 Å². The van der Waals surface area contributed by atoms with Crippen LogP contribution in [0.4, 0.5) is 0 Å². The zero-order valence-corrected chi connectivity index (χ0v) is 9.61. The van der Waals surface area contributed by atoms with Crippen molar-refractivity contribution in [2.24, 2.45) is 0 Å². The smallest absolute Gasteiger partial charge is 0.108 e. The number of ether oxygens (including phenoxy) is 1. The Balaban J connectivity index is 1.88. The Morgan fingerprint density at radius 2 is 2.56 bits per heavy atom. The van der Waals surface area contributed by atoms with Crippen molar-refractivity contribution < 1.29 is 14.3 Å². The zero-order chi connectivity index (χ0) is 11.4. The van der Waals surface area contributed by atoms with E-state index in [2.05, 4.69) is 5.32 Å². The molecule has 1 aliphatic rings. The Labute approximate surface area is 95.6 Å². The van der Waals surface area contributed by atoms with Crippen molar-refractivity contribution in [2.75, 3.05) is 20.3 Å². The maximum atomic E-state index is 9.57. The molecule has 0 amide bonds. The molecule has 0 saturated heterocycles. The van der Waals surface area contributed by atoms with Crippen LogP contribution < -0.4 is 5.32 Å². The highest BCUT2D eigenvalue weighted by Gasteiger charge is 2.22. The first-order valence-corrected chi connectivity index (χ1v) is 5.78. The highest BCUT2D eigenvalue weighted by atomic mass is 16.5. The molecule has 0 fully saturated rings. The molecule has 2 unspecified atom stereocenters. The van der Waals surface area contributed by atoms with Crippen molar-refractivity contribution in [2.45, 2.75) is 31.4 Å². The van der Waals surface area contributed by atoms with Gasteiger partial charge in [-0.25, -0.2) is 0 Å². The first kappa shape index (κ1) is 11.6. The Bertz CT molecular complexity index is 324. The van der Waals surface area contributed by atoms with Crippen LogP contribution in [0.25, 0.3) is 0 Å². The fraction of sp³-hybridized carbons (Fsp3) is 0.667. The number of fused-ring (bicyclic) bond motifs is 1. The lowest BCUT2D eigenvalue weighted by atomic mass is 9.93. The Kier molecular flexibility index (Phi) is 3.98. The number of aliphatic hydroxyl groups excluding tert-OH is 1. The highest BCUT2D eigenvalue weighted by Crippen LogP contribution is 2.30. The van der Waals surface area contributed by atoms with Gasteiger partial charge >= 0.3 is 0 Å². The van der Waals surface area contributed by atoms with Gasteiger partial charge in [0.05, 0.1) is 19.0 Å². The minimum absolute atomic E-state index is 0.314. The molecular weight excluding hydrogens is 206 g/mol. The molecule has 0 spiro atoms. The summed E-state index contributed by atoms with van der Waals surface area (Å²) in [7, 11) is 1.60. The van der Waals surface area contributed by atoms with Crippen LogP contribution in [-0.2, 0) is 11.2 Å². The predicted octanol–water partition coefficient (Wildman–Crippen LogP) is 1.25. The number of furan rings is 1. The minimum atomic E-state index is -0.442. The number of nitrogens with one attached hydrogen (secondary N) is 1. The first-order valence-electron chi connectivity index (χ1n) is 5.78. The third kappa shape index (κ3) is 2.64. The molecule has 1 aliphatic carbocycles. The van der Waals surface area contributed by atoms with Crippen LogP contribution in [0, 0.1) is 0 Å². The summed E-state index contributed by atoms with van der Waals surface area (Å²) in [6, 6.07) is 2.34. The second-order valence-corrected chi connectivity index (χ2v) is 4.26. The van der Waals surface area contributed by atoms with E-state index in [0.29, 0.717) is 19.2 Å². The number of aliphatic hydroxyl groups is 1. The summed E-state index contributed by atoms with van der Waals surface area (Å²) in [4.78, 5) is 0. The predicted molar refractivity (Wildman–Crippen MR) is 60.3 cm³/mol. The van der Waals surface area contributed by atoms with E-state index in [1.807, 2.05) is 6.07 Å². The Morgan fingerprint density at radius 1 is 1.69 bits per heavy atom. The van der Waals surface area contributed by atoms with Gasteiger partial charge in [0, 0.05) is 31.7 Å². The first-order chi connectivity index (χ1) is 7.81. The summed E-state index contributed by atoms with van der Waals surface area (Å²) in [5.74, 6) is 1.09. The van der Waals surface area contributed by atoms with Gasteiger partial charge in [-0.15, -0.1) is 0 Å². The van der Waals surface area contributed by atoms with Crippen LogP contribution in [0.5, 0.6) is 0 Å². The molecular formula is C12H19NO3. The second-order valence-electron chi connectivity index (χ2n) is 4.26. The molecule has 2 atom stereocenters. The van der Waals surface area contributed by atoms with Gasteiger partial charge in [-0.05, 0) is 18.9 Å². The standard InChI is InChI=1S/C12H19NO3/c1-15-8-9(14)7-13-11-3-2-4-12-10(11)5-6-16-12/h5-6,9,11,13-14H,2-4,7-8H2,1H3. The van der Waals surface area contributed by atoms with Crippen molar-refractivity contribution in [3.8, 4) is 0 Å². The molecule has 1 aromatic heterocycles. The molecule has 16 heavy (non-hydrogen) atoms. The summed E-state index contributed by atoms with van der Waals surface area (Å²) in [6.07, 6.45) is 4.57. The normalized spacial score (nSPS) is 21.8. The van der Waals surface area contributed by atoms with E-state index in [-0.39, 0.29) is 0 Å². The molecule has 0 aliphatic heterocycles. The van der Waals surface area contributed by atoms with Crippen molar-refractivity contribution in [1.82, 2.24) is 5.32 Å². The van der Waals surface area contributed by atoms with Crippen molar-refractivity contribution in [1.29, 1.82) is 0 Å². The van der Waals surface area contributed by atoms with Gasteiger partial charge in [0.15, 0.2) is 0 Å². The van der Waals surface area contributed by atoms with E-state index in [1.54, 1.807) is 13.4 Å². The molecule has 4 heteroatoms. The molecule has 2 rings (SSSR count). The molecule has 4 nitrogen and oxygen atoms in total. The number of hydrogen-bond acceptors (Lipinski definition) is 4. The quantitative estimate of drug-likeness (QED) is 0.792. The topological polar surface area (TPSA) is 54.6 Å². The Morgan fingerprint density at radius 3 is 3.38 bits per heavy atom. The molecule has 90 valence electrons. The zero-order valence-electron chi connectivity index (χ0n) is 9.61. The van der Waals surface area contributed by atoms with Crippen molar-refractivity contribution in [3.05, 3.63) is 23.7 Å². The van der Waals surface area contributed by atoms with Gasteiger partial charge in [0.25, 0.3) is 0 Å². The number of aryl methyl sites for hydroxylation is 1. The van der Waals surface area contributed by atoms with Crippen LogP contribution in [0.15, 0.2) is 16.7 Å². The van der Waals surface area contributed by atoms with Gasteiger partial charge in [0.1, 0.15) is 5.76 Å². The highest BCUT2D eigenvalue weighted by molar-refractivity contribution is 5.23. The molecule has 2 N–H and O–H groups in total.